The normalized spacial score (nSPS) is 25.3. The zero-order valence-electron chi connectivity index (χ0n) is 18.1. The molecule has 0 aromatic heterocycles. The molecule has 0 radical (unpaired) electrons. The van der Waals surface area contributed by atoms with E-state index >= 15 is 0 Å². The molecule has 0 unspecified atom stereocenters. The molecule has 0 saturated carbocycles. The predicted octanol–water partition coefficient (Wildman–Crippen LogP) is 4.74. The number of benzene rings is 3. The van der Waals surface area contributed by atoms with Crippen LogP contribution in [0.1, 0.15) is 29.5 Å². The highest BCUT2D eigenvalue weighted by Crippen LogP contribution is 2.50. The number of nitrogens with one attached hydrogen (secondary N) is 2. The maximum Gasteiger partial charge on any atom is 0.256 e. The molecule has 7 nitrogen and oxygen atoms in total. The van der Waals surface area contributed by atoms with Crippen LogP contribution in [0.4, 0.5) is 10.1 Å². The van der Waals surface area contributed by atoms with Crippen LogP contribution in [-0.2, 0) is 16.9 Å². The van der Waals surface area contributed by atoms with Crippen molar-refractivity contribution in [2.24, 2.45) is 0 Å². The Labute approximate surface area is 203 Å². The molecule has 1 fully saturated rings. The van der Waals surface area contributed by atoms with Gasteiger partial charge in [-0.1, -0.05) is 36.4 Å². The number of carbonyl (C=O) groups excluding carboxylic acids is 1. The first kappa shape index (κ1) is 22.5. The lowest BCUT2D eigenvalue weighted by Crippen LogP contribution is -2.54. The lowest BCUT2D eigenvalue weighted by molar-refractivity contribution is -0.532. The molecule has 34 heavy (non-hydrogen) atoms. The number of hydrogen-bond donors (Lipinski definition) is 2. The fraction of sp³-hybridized carbons (Fsp3) is 0.240. The zero-order chi connectivity index (χ0) is 24.0. The summed E-state index contributed by atoms with van der Waals surface area (Å²) in [7, 11) is 0. The molecule has 174 valence electrons. The molecule has 1 saturated heterocycles. The molecule has 2 aliphatic rings. The summed E-state index contributed by atoms with van der Waals surface area (Å²) in [5.41, 5.74) is 1.11. The topological polar surface area (TPSA) is 93.5 Å². The summed E-state index contributed by atoms with van der Waals surface area (Å²) in [5.74, 6) is -0.794. The number of anilines is 1. The molecule has 3 aromatic rings. The van der Waals surface area contributed by atoms with Crippen molar-refractivity contribution in [3.8, 4) is 5.75 Å². The Hall–Kier alpha value is -3.30. The van der Waals surface area contributed by atoms with Crippen LogP contribution in [0.15, 0.2) is 71.2 Å². The predicted molar refractivity (Wildman–Crippen MR) is 128 cm³/mol. The van der Waals surface area contributed by atoms with Crippen LogP contribution >= 0.6 is 15.9 Å². The van der Waals surface area contributed by atoms with Gasteiger partial charge in [0.15, 0.2) is 5.54 Å². The highest BCUT2D eigenvalue weighted by molar-refractivity contribution is 9.10. The molecule has 5 rings (SSSR count). The van der Waals surface area contributed by atoms with Crippen molar-refractivity contribution in [1.29, 1.82) is 0 Å². The van der Waals surface area contributed by atoms with Crippen LogP contribution < -0.4 is 15.4 Å². The number of ether oxygens (including phenoxy) is 1. The molecular formula is C25H21BrFN3O4. The fourth-order valence-electron chi connectivity index (χ4n) is 5.18. The van der Waals surface area contributed by atoms with Gasteiger partial charge in [0.2, 0.25) is 0 Å². The van der Waals surface area contributed by atoms with E-state index in [0.717, 1.165) is 0 Å². The third-order valence-corrected chi connectivity index (χ3v) is 7.21. The third kappa shape index (κ3) is 3.56. The van der Waals surface area contributed by atoms with E-state index in [2.05, 4.69) is 26.6 Å². The molecule has 2 aliphatic heterocycles. The van der Waals surface area contributed by atoms with Gasteiger partial charge in [-0.05, 0) is 64.3 Å². The maximum atomic E-state index is 13.4. The average molecular weight is 526 g/mol. The highest BCUT2D eigenvalue weighted by atomic mass is 79.9. The maximum absolute atomic E-state index is 13.4. The summed E-state index contributed by atoms with van der Waals surface area (Å²) >= 11 is 3.50. The van der Waals surface area contributed by atoms with Gasteiger partial charge in [-0.25, -0.2) is 4.39 Å². The molecule has 1 amide bonds. The van der Waals surface area contributed by atoms with Gasteiger partial charge in [0, 0.05) is 22.2 Å². The van der Waals surface area contributed by atoms with Crippen LogP contribution in [0.3, 0.4) is 0 Å². The Bertz CT molecular complexity index is 1300. The van der Waals surface area contributed by atoms with Gasteiger partial charge >= 0.3 is 0 Å². The second-order valence-corrected chi connectivity index (χ2v) is 9.46. The van der Waals surface area contributed by atoms with Gasteiger partial charge in [-0.15, -0.1) is 0 Å². The number of amides is 1. The van der Waals surface area contributed by atoms with Crippen LogP contribution in [0.25, 0.3) is 0 Å². The van der Waals surface area contributed by atoms with E-state index in [9.17, 15) is 19.3 Å². The molecule has 0 aliphatic carbocycles. The van der Waals surface area contributed by atoms with Gasteiger partial charge in [0.1, 0.15) is 18.2 Å². The monoisotopic (exact) mass is 525 g/mol. The van der Waals surface area contributed by atoms with Gasteiger partial charge in [-0.2, -0.15) is 0 Å². The number of nitrogens with zero attached hydrogens (tertiary/aromatic N) is 1. The first-order valence-electron chi connectivity index (χ1n) is 10.8. The molecule has 4 atom stereocenters. The third-order valence-electron chi connectivity index (χ3n) is 6.59. The minimum Gasteiger partial charge on any atom is -0.488 e. The van der Waals surface area contributed by atoms with Crippen molar-refractivity contribution >= 4 is 27.5 Å². The van der Waals surface area contributed by atoms with Crippen molar-refractivity contribution in [2.45, 2.75) is 37.1 Å². The minimum absolute atomic E-state index is 0.175. The number of para-hydroxylation sites is 1. The lowest BCUT2D eigenvalue weighted by Gasteiger charge is -2.25. The molecular weight excluding hydrogens is 505 g/mol. The minimum atomic E-state index is -1.46. The fourth-order valence-corrected chi connectivity index (χ4v) is 5.69. The van der Waals surface area contributed by atoms with Gasteiger partial charge in [-0.3, -0.25) is 20.2 Å². The van der Waals surface area contributed by atoms with E-state index in [1.807, 2.05) is 6.92 Å². The summed E-state index contributed by atoms with van der Waals surface area (Å²) in [6.45, 7) is 2.03. The zero-order valence-corrected chi connectivity index (χ0v) is 19.7. The summed E-state index contributed by atoms with van der Waals surface area (Å²) in [5, 5.41) is 18.5. The summed E-state index contributed by atoms with van der Waals surface area (Å²) in [6.07, 6.45) is 0. The van der Waals surface area contributed by atoms with Crippen LogP contribution in [0, 0.1) is 15.9 Å². The van der Waals surface area contributed by atoms with E-state index in [-0.39, 0.29) is 23.4 Å². The molecule has 2 N–H and O–H groups in total. The van der Waals surface area contributed by atoms with E-state index < -0.39 is 23.4 Å². The van der Waals surface area contributed by atoms with Crippen LogP contribution in [0.2, 0.25) is 0 Å². The summed E-state index contributed by atoms with van der Waals surface area (Å²) in [6, 6.07) is 17.0. The summed E-state index contributed by atoms with van der Waals surface area (Å²) in [4.78, 5) is 25.2. The van der Waals surface area contributed by atoms with Crippen molar-refractivity contribution in [2.75, 3.05) is 5.32 Å². The standard InChI is InChI=1S/C25H21BrFN3O4/c1-14-22(16-9-10-21(19(26)12-16)34-13-15-5-4-6-17(27)11-15)23(30(32)33)25(29-14)18-7-2-3-8-20(18)28-24(25)31/h2-12,14,22-23,29H,13H2,1H3,(H,28,31)/t14-,22-,23+,25-/m0/s1. The Kier molecular flexibility index (Phi) is 5.61. The Balaban J connectivity index is 1.47. The second kappa shape index (κ2) is 8.48. The van der Waals surface area contributed by atoms with Crippen molar-refractivity contribution in [1.82, 2.24) is 5.32 Å². The lowest BCUT2D eigenvalue weighted by atomic mass is 9.78. The van der Waals surface area contributed by atoms with Gasteiger partial charge in [0.25, 0.3) is 11.9 Å². The SMILES string of the molecule is C[C@@H]1N[C@]2(C(=O)Nc3ccccc32)[C@H]([N+](=O)[O-])[C@@H]1c1ccc(OCc2cccc(F)c2)c(Br)c1. The number of hydrogen-bond acceptors (Lipinski definition) is 5. The number of halogens is 2. The number of rotatable bonds is 5. The molecule has 9 heteroatoms. The van der Waals surface area contributed by atoms with Gasteiger partial charge < -0.3 is 10.1 Å². The molecule has 2 heterocycles. The smallest absolute Gasteiger partial charge is 0.256 e. The van der Waals surface area contributed by atoms with E-state index in [0.29, 0.717) is 32.6 Å². The molecule has 1 spiro atoms. The summed E-state index contributed by atoms with van der Waals surface area (Å²) < 4.78 is 19.9. The van der Waals surface area contributed by atoms with Crippen molar-refractivity contribution < 1.29 is 18.8 Å². The van der Waals surface area contributed by atoms with Crippen molar-refractivity contribution in [3.63, 3.8) is 0 Å². The highest BCUT2D eigenvalue weighted by Gasteiger charge is 2.67. The van der Waals surface area contributed by atoms with E-state index in [1.54, 1.807) is 54.6 Å². The van der Waals surface area contributed by atoms with Crippen LogP contribution in [0.5, 0.6) is 5.75 Å². The Morgan fingerprint density at radius 2 is 1.94 bits per heavy atom. The van der Waals surface area contributed by atoms with Gasteiger partial charge in [0.05, 0.1) is 10.4 Å². The first-order chi connectivity index (χ1) is 16.3. The first-order valence-corrected chi connectivity index (χ1v) is 11.6. The molecule has 0 bridgehead atoms. The Morgan fingerprint density at radius 1 is 1.15 bits per heavy atom. The number of nitro groups is 1. The largest absolute Gasteiger partial charge is 0.488 e. The van der Waals surface area contributed by atoms with Crippen molar-refractivity contribution in [3.05, 3.63) is 104 Å². The quantitative estimate of drug-likeness (QED) is 0.370. The van der Waals surface area contributed by atoms with E-state index in [1.165, 1.54) is 12.1 Å². The number of carbonyl (C=O) groups is 1. The molecule has 3 aromatic carbocycles. The second-order valence-electron chi connectivity index (χ2n) is 8.61. The van der Waals surface area contributed by atoms with Crippen LogP contribution in [-0.4, -0.2) is 22.9 Å². The Morgan fingerprint density at radius 3 is 2.68 bits per heavy atom. The number of fused-ring (bicyclic) bond motifs is 2. The average Bonchev–Trinajstić information content (AvgIpc) is 3.27. The van der Waals surface area contributed by atoms with E-state index in [4.69, 9.17) is 4.74 Å².